The van der Waals surface area contributed by atoms with Crippen molar-refractivity contribution in [2.75, 3.05) is 0 Å². The highest BCUT2D eigenvalue weighted by Gasteiger charge is 2.39. The molecule has 4 heteroatoms. The van der Waals surface area contributed by atoms with E-state index < -0.39 is 18.3 Å². The molecule has 2 aromatic carbocycles. The van der Waals surface area contributed by atoms with E-state index in [1.165, 1.54) is 11.1 Å². The van der Waals surface area contributed by atoms with Gasteiger partial charge in [0, 0.05) is 0 Å². The van der Waals surface area contributed by atoms with Gasteiger partial charge in [0.05, 0.1) is 11.2 Å². The van der Waals surface area contributed by atoms with Crippen LogP contribution in [0.5, 0.6) is 0 Å². The largest absolute Gasteiger partial charge is 0.491 e. The molecule has 0 spiro atoms. The Bertz CT molecular complexity index is 615. The zero-order valence-corrected chi connectivity index (χ0v) is 14.3. The predicted molar refractivity (Wildman–Crippen MR) is 94.8 cm³/mol. The van der Waals surface area contributed by atoms with Crippen LogP contribution in [0.25, 0.3) is 0 Å². The Labute approximate surface area is 139 Å². The van der Waals surface area contributed by atoms with E-state index in [2.05, 4.69) is 12.1 Å². The third kappa shape index (κ3) is 4.68. The Balaban J connectivity index is 2.04. The van der Waals surface area contributed by atoms with E-state index in [-0.39, 0.29) is 0 Å². The average molecular weight is 312 g/mol. The SMILES string of the molecule is CC(C)(O)C(C)(C)OB(O)c1ccc(Cc2ccccc2)cc1. The molecule has 0 aliphatic heterocycles. The number of rotatable bonds is 6. The number of aliphatic hydroxyl groups is 1. The lowest BCUT2D eigenvalue weighted by Crippen LogP contribution is -2.53. The van der Waals surface area contributed by atoms with Crippen molar-refractivity contribution in [3.05, 3.63) is 65.7 Å². The lowest BCUT2D eigenvalue weighted by Gasteiger charge is -2.38. The zero-order valence-electron chi connectivity index (χ0n) is 14.3. The van der Waals surface area contributed by atoms with Crippen LogP contribution in [0.2, 0.25) is 0 Å². The second-order valence-corrected chi connectivity index (χ2v) is 6.94. The Morgan fingerprint density at radius 2 is 1.39 bits per heavy atom. The first kappa shape index (κ1) is 17.7. The summed E-state index contributed by atoms with van der Waals surface area (Å²) in [6.07, 6.45) is 0.854. The Morgan fingerprint density at radius 1 is 0.870 bits per heavy atom. The normalized spacial score (nSPS) is 12.3. The van der Waals surface area contributed by atoms with Gasteiger partial charge >= 0.3 is 7.12 Å². The van der Waals surface area contributed by atoms with Gasteiger partial charge in [-0.25, -0.2) is 0 Å². The second kappa shape index (κ2) is 6.87. The first-order valence-electron chi connectivity index (χ1n) is 7.90. The maximum absolute atomic E-state index is 10.3. The molecule has 23 heavy (non-hydrogen) atoms. The summed E-state index contributed by atoms with van der Waals surface area (Å²) in [7, 11) is -1.07. The van der Waals surface area contributed by atoms with Crippen LogP contribution in [0.4, 0.5) is 0 Å². The smallest absolute Gasteiger partial charge is 0.423 e. The standard InChI is InChI=1S/C19H25BO3/c1-18(2,21)19(3,4)23-20(22)17-12-10-16(11-13-17)14-15-8-6-5-7-9-15/h5-13,21-22H,14H2,1-4H3. The van der Waals surface area contributed by atoms with Gasteiger partial charge in [-0.1, -0.05) is 54.6 Å². The third-order valence-electron chi connectivity index (χ3n) is 4.40. The Kier molecular flexibility index (Phi) is 5.30. The van der Waals surface area contributed by atoms with Crippen LogP contribution in [0.3, 0.4) is 0 Å². The molecular formula is C19H25BO3. The summed E-state index contributed by atoms with van der Waals surface area (Å²) >= 11 is 0. The van der Waals surface area contributed by atoms with Crippen molar-refractivity contribution in [3.63, 3.8) is 0 Å². The van der Waals surface area contributed by atoms with Gasteiger partial charge in [0.15, 0.2) is 0 Å². The maximum atomic E-state index is 10.3. The van der Waals surface area contributed by atoms with Crippen LogP contribution >= 0.6 is 0 Å². The predicted octanol–water partition coefficient (Wildman–Crippen LogP) is 2.53. The molecule has 0 bridgehead atoms. The van der Waals surface area contributed by atoms with Crippen LogP contribution in [-0.2, 0) is 11.1 Å². The maximum Gasteiger partial charge on any atom is 0.491 e. The topological polar surface area (TPSA) is 49.7 Å². The van der Waals surface area contributed by atoms with Crippen LogP contribution in [0.1, 0.15) is 38.8 Å². The quantitative estimate of drug-likeness (QED) is 0.806. The Hall–Kier alpha value is -1.62. The molecule has 0 amide bonds. The molecule has 0 heterocycles. The lowest BCUT2D eigenvalue weighted by molar-refractivity contribution is -0.0982. The van der Waals surface area contributed by atoms with Crippen molar-refractivity contribution in [1.82, 2.24) is 0 Å². The van der Waals surface area contributed by atoms with Gasteiger partial charge in [0.25, 0.3) is 0 Å². The molecule has 0 saturated heterocycles. The van der Waals surface area contributed by atoms with E-state index in [0.29, 0.717) is 5.46 Å². The van der Waals surface area contributed by atoms with Gasteiger partial charge in [0.2, 0.25) is 0 Å². The molecular weight excluding hydrogens is 287 g/mol. The minimum absolute atomic E-state index is 0.680. The summed E-state index contributed by atoms with van der Waals surface area (Å²) in [5, 5.41) is 20.4. The third-order valence-corrected chi connectivity index (χ3v) is 4.40. The summed E-state index contributed by atoms with van der Waals surface area (Å²) in [5.74, 6) is 0. The van der Waals surface area contributed by atoms with Gasteiger partial charge in [0.1, 0.15) is 0 Å². The molecule has 0 atom stereocenters. The zero-order chi connectivity index (χ0) is 17.1. The van der Waals surface area contributed by atoms with E-state index in [4.69, 9.17) is 4.65 Å². The van der Waals surface area contributed by atoms with Gasteiger partial charge in [-0.3, -0.25) is 0 Å². The van der Waals surface area contributed by atoms with Crippen molar-refractivity contribution in [2.24, 2.45) is 0 Å². The van der Waals surface area contributed by atoms with E-state index in [1.54, 1.807) is 27.7 Å². The van der Waals surface area contributed by atoms with E-state index in [1.807, 2.05) is 42.5 Å². The molecule has 2 N–H and O–H groups in total. The lowest BCUT2D eigenvalue weighted by atomic mass is 9.76. The Morgan fingerprint density at radius 3 is 1.91 bits per heavy atom. The molecule has 0 aromatic heterocycles. The first-order valence-corrected chi connectivity index (χ1v) is 7.90. The monoisotopic (exact) mass is 312 g/mol. The van der Waals surface area contributed by atoms with Crippen LogP contribution in [0.15, 0.2) is 54.6 Å². The molecule has 2 aromatic rings. The summed E-state index contributed by atoms with van der Waals surface area (Å²) in [6, 6.07) is 18.0. The van der Waals surface area contributed by atoms with Crippen LogP contribution < -0.4 is 5.46 Å². The van der Waals surface area contributed by atoms with Crippen molar-refractivity contribution >= 4 is 12.6 Å². The van der Waals surface area contributed by atoms with E-state index in [0.717, 1.165) is 6.42 Å². The molecule has 0 saturated carbocycles. The summed E-state index contributed by atoms with van der Waals surface area (Å²) in [6.45, 7) is 6.87. The van der Waals surface area contributed by atoms with Crippen LogP contribution in [0, 0.1) is 0 Å². The number of hydrogen-bond donors (Lipinski definition) is 2. The fourth-order valence-corrected chi connectivity index (χ4v) is 2.12. The minimum Gasteiger partial charge on any atom is -0.423 e. The van der Waals surface area contributed by atoms with Gasteiger partial charge < -0.3 is 14.8 Å². The van der Waals surface area contributed by atoms with E-state index >= 15 is 0 Å². The van der Waals surface area contributed by atoms with Gasteiger partial charge in [-0.2, -0.15) is 0 Å². The summed E-state index contributed by atoms with van der Waals surface area (Å²) in [5.41, 5.74) is 1.18. The van der Waals surface area contributed by atoms with Crippen molar-refractivity contribution in [2.45, 2.75) is 45.3 Å². The number of hydrogen-bond acceptors (Lipinski definition) is 3. The van der Waals surface area contributed by atoms with E-state index in [9.17, 15) is 10.1 Å². The second-order valence-electron chi connectivity index (χ2n) is 6.94. The molecule has 122 valence electrons. The number of benzene rings is 2. The van der Waals surface area contributed by atoms with Crippen molar-refractivity contribution in [1.29, 1.82) is 0 Å². The molecule has 0 aliphatic carbocycles. The molecule has 0 unspecified atom stereocenters. The fraction of sp³-hybridized carbons (Fsp3) is 0.368. The molecule has 2 rings (SSSR count). The fourth-order valence-electron chi connectivity index (χ4n) is 2.12. The highest BCUT2D eigenvalue weighted by Crippen LogP contribution is 2.25. The average Bonchev–Trinajstić information content (AvgIpc) is 2.47. The molecule has 3 nitrogen and oxygen atoms in total. The highest BCUT2D eigenvalue weighted by atomic mass is 16.5. The summed E-state index contributed by atoms with van der Waals surface area (Å²) < 4.78 is 5.65. The van der Waals surface area contributed by atoms with Crippen molar-refractivity contribution < 1.29 is 14.8 Å². The van der Waals surface area contributed by atoms with Gasteiger partial charge in [-0.05, 0) is 50.7 Å². The van der Waals surface area contributed by atoms with Gasteiger partial charge in [-0.15, -0.1) is 0 Å². The summed E-state index contributed by atoms with van der Waals surface area (Å²) in [4.78, 5) is 0. The van der Waals surface area contributed by atoms with Crippen molar-refractivity contribution in [3.8, 4) is 0 Å². The molecule has 0 fully saturated rings. The minimum atomic E-state index is -1.07. The first-order chi connectivity index (χ1) is 10.7. The van der Waals surface area contributed by atoms with Crippen LogP contribution in [-0.4, -0.2) is 28.5 Å². The highest BCUT2D eigenvalue weighted by molar-refractivity contribution is 6.60. The molecule has 0 aliphatic rings. The molecule has 0 radical (unpaired) electrons.